The first-order valence-electron chi connectivity index (χ1n) is 7.05. The molecule has 0 saturated heterocycles. The van der Waals surface area contributed by atoms with Gasteiger partial charge in [0.1, 0.15) is 11.5 Å². The van der Waals surface area contributed by atoms with Gasteiger partial charge in [0.15, 0.2) is 5.11 Å². The van der Waals surface area contributed by atoms with Crippen molar-refractivity contribution in [3.8, 4) is 11.5 Å². The van der Waals surface area contributed by atoms with Crippen LogP contribution in [0.15, 0.2) is 48.5 Å². The topological polar surface area (TPSA) is 71.6 Å². The minimum absolute atomic E-state index is 0.0560. The third-order valence-corrected chi connectivity index (χ3v) is 3.17. The van der Waals surface area contributed by atoms with Crippen molar-refractivity contribution in [1.29, 1.82) is 0 Å². The normalized spacial score (nSPS) is 10.1. The number of alkyl halides is 2. The molecule has 9 heteroatoms. The van der Waals surface area contributed by atoms with Crippen LogP contribution in [0, 0.1) is 0 Å². The average molecular weight is 367 g/mol. The van der Waals surface area contributed by atoms with E-state index in [9.17, 15) is 13.6 Å². The second-order valence-electron chi connectivity index (χ2n) is 4.64. The maximum atomic E-state index is 12.4. The Labute approximate surface area is 148 Å². The van der Waals surface area contributed by atoms with Gasteiger partial charge in [-0.05, 0) is 36.5 Å². The van der Waals surface area contributed by atoms with Crippen LogP contribution in [0.1, 0.15) is 10.4 Å². The van der Waals surface area contributed by atoms with E-state index in [0.29, 0.717) is 11.4 Å². The Bertz CT molecular complexity index is 759. The van der Waals surface area contributed by atoms with Gasteiger partial charge in [-0.15, -0.1) is 0 Å². The number of benzene rings is 2. The van der Waals surface area contributed by atoms with Crippen molar-refractivity contribution >= 4 is 28.9 Å². The van der Waals surface area contributed by atoms with Crippen molar-refractivity contribution < 1.29 is 23.0 Å². The summed E-state index contributed by atoms with van der Waals surface area (Å²) in [4.78, 5) is 12.1. The van der Waals surface area contributed by atoms with Crippen LogP contribution in [-0.4, -0.2) is 24.7 Å². The minimum atomic E-state index is -3.03. The second-order valence-corrected chi connectivity index (χ2v) is 5.05. The van der Waals surface area contributed by atoms with E-state index in [2.05, 4.69) is 20.9 Å². The molecule has 2 aromatic rings. The fraction of sp³-hybridized carbons (Fsp3) is 0.125. The van der Waals surface area contributed by atoms with E-state index < -0.39 is 12.5 Å². The summed E-state index contributed by atoms with van der Waals surface area (Å²) in [5.74, 6) is -0.274. The number of nitrogens with one attached hydrogen (secondary N) is 3. The van der Waals surface area contributed by atoms with Crippen LogP contribution in [0.5, 0.6) is 11.5 Å². The molecule has 132 valence electrons. The fourth-order valence-electron chi connectivity index (χ4n) is 1.90. The molecule has 0 fully saturated rings. The molecule has 0 heterocycles. The lowest BCUT2D eigenvalue weighted by atomic mass is 10.2. The van der Waals surface area contributed by atoms with Gasteiger partial charge in [0.05, 0.1) is 12.7 Å². The lowest BCUT2D eigenvalue weighted by Crippen LogP contribution is -2.43. The number of amides is 1. The molecule has 0 saturated carbocycles. The maximum absolute atomic E-state index is 12.4. The molecule has 0 aliphatic carbocycles. The Hall–Kier alpha value is -2.94. The number of rotatable bonds is 5. The summed E-state index contributed by atoms with van der Waals surface area (Å²) in [7, 11) is 1.54. The van der Waals surface area contributed by atoms with Gasteiger partial charge in [-0.3, -0.25) is 15.6 Å². The van der Waals surface area contributed by atoms with Gasteiger partial charge in [-0.25, -0.2) is 0 Å². The molecule has 0 radical (unpaired) electrons. The van der Waals surface area contributed by atoms with Gasteiger partial charge in [0.2, 0.25) is 0 Å². The summed E-state index contributed by atoms with van der Waals surface area (Å²) in [6.45, 7) is -3.03. The summed E-state index contributed by atoms with van der Waals surface area (Å²) >= 11 is 5.06. The molecule has 0 aliphatic rings. The number of methoxy groups -OCH3 is 1. The van der Waals surface area contributed by atoms with Crippen LogP contribution in [0.25, 0.3) is 0 Å². The van der Waals surface area contributed by atoms with Gasteiger partial charge in [-0.2, -0.15) is 8.78 Å². The van der Waals surface area contributed by atoms with E-state index in [-0.39, 0.29) is 16.4 Å². The highest BCUT2D eigenvalue weighted by Gasteiger charge is 2.15. The third-order valence-electron chi connectivity index (χ3n) is 2.96. The van der Waals surface area contributed by atoms with E-state index in [1.807, 2.05) is 0 Å². The molecule has 0 aliphatic heterocycles. The first-order chi connectivity index (χ1) is 12.0. The number of hydrazine groups is 1. The Balaban J connectivity index is 1.94. The maximum Gasteiger partial charge on any atom is 0.387 e. The number of carbonyl (C=O) groups is 1. The molecule has 25 heavy (non-hydrogen) atoms. The quantitative estimate of drug-likeness (QED) is 0.558. The summed E-state index contributed by atoms with van der Waals surface area (Å²) in [5, 5.41) is 2.95. The number of hydrogen-bond acceptors (Lipinski definition) is 4. The number of ether oxygens (including phenoxy) is 2. The van der Waals surface area contributed by atoms with Crippen molar-refractivity contribution in [2.24, 2.45) is 0 Å². The second kappa shape index (κ2) is 8.78. The predicted molar refractivity (Wildman–Crippen MR) is 92.9 cm³/mol. The van der Waals surface area contributed by atoms with Crippen molar-refractivity contribution in [3.63, 3.8) is 0 Å². The summed E-state index contributed by atoms with van der Waals surface area (Å²) in [5.41, 5.74) is 5.39. The van der Waals surface area contributed by atoms with E-state index in [1.165, 1.54) is 31.4 Å². The monoisotopic (exact) mass is 367 g/mol. The standard InChI is InChI=1S/C16H15F2N3O3S/c1-23-11-6-4-5-10(9-11)19-16(25)21-20-14(22)12-7-2-3-8-13(12)24-15(17)18/h2-9,15H,1H3,(H,20,22)(H2,19,21,25). The number of hydrogen-bond donors (Lipinski definition) is 3. The van der Waals surface area contributed by atoms with Crippen LogP contribution in [0.4, 0.5) is 14.5 Å². The highest BCUT2D eigenvalue weighted by Crippen LogP contribution is 2.20. The van der Waals surface area contributed by atoms with Gasteiger partial charge in [0.25, 0.3) is 5.91 Å². The lowest BCUT2D eigenvalue weighted by molar-refractivity contribution is -0.0501. The molecular formula is C16H15F2N3O3S. The van der Waals surface area contributed by atoms with Gasteiger partial charge in [0, 0.05) is 11.8 Å². The van der Waals surface area contributed by atoms with E-state index in [4.69, 9.17) is 17.0 Å². The molecule has 1 amide bonds. The summed E-state index contributed by atoms with van der Waals surface area (Å²) < 4.78 is 34.1. The average Bonchev–Trinajstić information content (AvgIpc) is 2.60. The summed E-state index contributed by atoms with van der Waals surface area (Å²) in [6.07, 6.45) is 0. The fourth-order valence-corrected chi connectivity index (χ4v) is 2.07. The highest BCUT2D eigenvalue weighted by molar-refractivity contribution is 7.80. The zero-order chi connectivity index (χ0) is 18.2. The number of carbonyl (C=O) groups excluding carboxylic acids is 1. The molecule has 2 aromatic carbocycles. The molecular weight excluding hydrogens is 352 g/mol. The van der Waals surface area contributed by atoms with Crippen LogP contribution in [0.2, 0.25) is 0 Å². The van der Waals surface area contributed by atoms with Gasteiger partial charge < -0.3 is 14.8 Å². The molecule has 3 N–H and O–H groups in total. The Morgan fingerprint density at radius 3 is 2.60 bits per heavy atom. The van der Waals surface area contributed by atoms with Gasteiger partial charge in [-0.1, -0.05) is 18.2 Å². The van der Waals surface area contributed by atoms with Crippen molar-refractivity contribution in [2.45, 2.75) is 6.61 Å². The predicted octanol–water partition coefficient (Wildman–Crippen LogP) is 2.93. The smallest absolute Gasteiger partial charge is 0.387 e. The van der Waals surface area contributed by atoms with Crippen molar-refractivity contribution in [3.05, 3.63) is 54.1 Å². The van der Waals surface area contributed by atoms with Crippen molar-refractivity contribution in [2.75, 3.05) is 12.4 Å². The van der Waals surface area contributed by atoms with Crippen LogP contribution in [0.3, 0.4) is 0 Å². The number of para-hydroxylation sites is 1. The van der Waals surface area contributed by atoms with Crippen LogP contribution < -0.4 is 25.6 Å². The minimum Gasteiger partial charge on any atom is -0.497 e. The van der Waals surface area contributed by atoms with E-state index in [1.54, 1.807) is 24.3 Å². The van der Waals surface area contributed by atoms with E-state index >= 15 is 0 Å². The highest BCUT2D eigenvalue weighted by atomic mass is 32.1. The van der Waals surface area contributed by atoms with Crippen molar-refractivity contribution in [1.82, 2.24) is 10.9 Å². The lowest BCUT2D eigenvalue weighted by Gasteiger charge is -2.14. The zero-order valence-electron chi connectivity index (χ0n) is 13.1. The Morgan fingerprint density at radius 2 is 1.88 bits per heavy atom. The first kappa shape index (κ1) is 18.4. The molecule has 0 atom stereocenters. The third kappa shape index (κ3) is 5.57. The number of thiocarbonyl (C=S) groups is 1. The van der Waals surface area contributed by atoms with E-state index in [0.717, 1.165) is 0 Å². The number of anilines is 1. The first-order valence-corrected chi connectivity index (χ1v) is 7.45. The SMILES string of the molecule is COc1cccc(NC(=S)NNC(=O)c2ccccc2OC(F)F)c1. The molecule has 0 unspecified atom stereocenters. The molecule has 0 spiro atoms. The number of halogens is 2. The van der Waals surface area contributed by atoms with Gasteiger partial charge >= 0.3 is 6.61 Å². The summed E-state index contributed by atoms with van der Waals surface area (Å²) in [6, 6.07) is 12.6. The molecule has 6 nitrogen and oxygen atoms in total. The Kier molecular flexibility index (Phi) is 6.47. The largest absolute Gasteiger partial charge is 0.497 e. The molecule has 0 bridgehead atoms. The van der Waals surface area contributed by atoms with Crippen LogP contribution >= 0.6 is 12.2 Å². The van der Waals surface area contributed by atoms with Crippen LogP contribution in [-0.2, 0) is 0 Å². The zero-order valence-corrected chi connectivity index (χ0v) is 13.9. The molecule has 0 aromatic heterocycles. The Morgan fingerprint density at radius 1 is 1.12 bits per heavy atom. The molecule has 2 rings (SSSR count).